The van der Waals surface area contributed by atoms with E-state index in [0.717, 1.165) is 10.6 Å². The van der Waals surface area contributed by atoms with Crippen LogP contribution in [0.4, 0.5) is 4.79 Å². The number of rotatable bonds is 6. The molecule has 0 aromatic carbocycles. The number of aromatic nitrogens is 1. The molecule has 164 valence electrons. The van der Waals surface area contributed by atoms with Crippen molar-refractivity contribution in [1.82, 2.24) is 14.4 Å². The largest absolute Gasteiger partial charge is 0.467 e. The van der Waals surface area contributed by atoms with Gasteiger partial charge in [0.1, 0.15) is 5.76 Å². The standard InChI is InChI=1S/C20H21N3O7S/c1-12-8-16(13(2)23(12)14-5-7-31(28,29)11-14)17(24)10-22-19(26)18(25)21(20(22)27)9-15-4-3-6-30-15/h3-4,6,8,14H,5,7,9-11H2,1-2H3. The lowest BCUT2D eigenvalue weighted by molar-refractivity contribution is -0.143. The van der Waals surface area contributed by atoms with Crippen LogP contribution in [0.2, 0.25) is 0 Å². The first-order valence-corrected chi connectivity index (χ1v) is 11.5. The van der Waals surface area contributed by atoms with Crippen molar-refractivity contribution in [3.05, 3.63) is 47.2 Å². The monoisotopic (exact) mass is 447 g/mol. The molecule has 0 radical (unpaired) electrons. The third-order valence-electron chi connectivity index (χ3n) is 5.69. The molecule has 1 atom stereocenters. The maximum absolute atomic E-state index is 12.9. The van der Waals surface area contributed by atoms with Crippen molar-refractivity contribution < 1.29 is 32.0 Å². The number of hydrogen-bond acceptors (Lipinski definition) is 7. The van der Waals surface area contributed by atoms with Crippen LogP contribution in [0.1, 0.15) is 40.0 Å². The van der Waals surface area contributed by atoms with E-state index in [-0.39, 0.29) is 24.1 Å². The number of furan rings is 1. The van der Waals surface area contributed by atoms with E-state index in [4.69, 9.17) is 4.42 Å². The Labute approximate surface area is 178 Å². The van der Waals surface area contributed by atoms with Crippen molar-refractivity contribution in [2.75, 3.05) is 18.1 Å². The average Bonchev–Trinajstić information content (AvgIpc) is 3.44. The van der Waals surface area contributed by atoms with Crippen LogP contribution in [0.15, 0.2) is 28.9 Å². The molecule has 1 unspecified atom stereocenters. The molecule has 0 N–H and O–H groups in total. The lowest BCUT2D eigenvalue weighted by Gasteiger charge is -2.17. The van der Waals surface area contributed by atoms with Gasteiger partial charge in [-0.2, -0.15) is 0 Å². The first-order valence-electron chi connectivity index (χ1n) is 9.71. The van der Waals surface area contributed by atoms with Gasteiger partial charge in [0, 0.05) is 23.0 Å². The molecule has 2 saturated heterocycles. The number of urea groups is 1. The molecule has 0 aliphatic carbocycles. The first-order chi connectivity index (χ1) is 14.6. The van der Waals surface area contributed by atoms with Gasteiger partial charge in [-0.3, -0.25) is 14.4 Å². The minimum Gasteiger partial charge on any atom is -0.467 e. The van der Waals surface area contributed by atoms with Crippen LogP contribution in [-0.4, -0.2) is 64.5 Å². The molecule has 0 saturated carbocycles. The average molecular weight is 447 g/mol. The zero-order valence-corrected chi connectivity index (χ0v) is 17.8. The molecule has 0 bridgehead atoms. The smallest absolute Gasteiger partial charge is 0.335 e. The van der Waals surface area contributed by atoms with Gasteiger partial charge in [0.25, 0.3) is 0 Å². The summed E-state index contributed by atoms with van der Waals surface area (Å²) in [6.45, 7) is 2.69. The highest BCUT2D eigenvalue weighted by Gasteiger charge is 2.45. The van der Waals surface area contributed by atoms with E-state index in [1.165, 1.54) is 6.26 Å². The van der Waals surface area contributed by atoms with Crippen LogP contribution in [0.25, 0.3) is 0 Å². The van der Waals surface area contributed by atoms with E-state index in [9.17, 15) is 27.6 Å². The Balaban J connectivity index is 1.53. The first kappa shape index (κ1) is 21.0. The van der Waals surface area contributed by atoms with Crippen LogP contribution in [0.5, 0.6) is 0 Å². The molecule has 10 nitrogen and oxygen atoms in total. The van der Waals surface area contributed by atoms with Gasteiger partial charge in [0.15, 0.2) is 15.6 Å². The van der Waals surface area contributed by atoms with Gasteiger partial charge in [0.05, 0.1) is 30.9 Å². The van der Waals surface area contributed by atoms with E-state index in [0.29, 0.717) is 28.3 Å². The molecule has 2 aliphatic heterocycles. The molecule has 4 amide bonds. The number of nitrogens with zero attached hydrogens (tertiary/aromatic N) is 3. The maximum atomic E-state index is 12.9. The molecule has 11 heteroatoms. The second-order valence-corrected chi connectivity index (χ2v) is 10.0. The summed E-state index contributed by atoms with van der Waals surface area (Å²) in [4.78, 5) is 51.4. The fourth-order valence-corrected chi connectivity index (χ4v) is 5.92. The molecule has 2 fully saturated rings. The SMILES string of the molecule is Cc1cc(C(=O)CN2C(=O)C(=O)N(Cc3ccco3)C2=O)c(C)n1C1CCS(=O)(=O)C1. The van der Waals surface area contributed by atoms with E-state index >= 15 is 0 Å². The van der Waals surface area contributed by atoms with Crippen LogP contribution in [0, 0.1) is 13.8 Å². The number of ketones is 1. The highest BCUT2D eigenvalue weighted by atomic mass is 32.2. The molecule has 31 heavy (non-hydrogen) atoms. The Morgan fingerprint density at radius 2 is 1.87 bits per heavy atom. The van der Waals surface area contributed by atoms with E-state index in [1.54, 1.807) is 32.0 Å². The van der Waals surface area contributed by atoms with Crippen molar-refractivity contribution in [2.45, 2.75) is 32.9 Å². The lowest BCUT2D eigenvalue weighted by Crippen LogP contribution is -2.37. The van der Waals surface area contributed by atoms with Gasteiger partial charge in [-0.05, 0) is 38.5 Å². The number of carbonyl (C=O) groups is 4. The topological polar surface area (TPSA) is 127 Å². The predicted octanol–water partition coefficient (Wildman–Crippen LogP) is 1.23. The number of amides is 4. The summed E-state index contributed by atoms with van der Waals surface area (Å²) in [7, 11) is -3.11. The van der Waals surface area contributed by atoms with E-state index in [1.807, 2.05) is 4.57 Å². The summed E-state index contributed by atoms with van der Waals surface area (Å²) in [6.07, 6.45) is 1.85. The number of imide groups is 2. The number of sulfone groups is 1. The molecular formula is C20H21N3O7S. The Morgan fingerprint density at radius 3 is 2.48 bits per heavy atom. The van der Waals surface area contributed by atoms with Crippen molar-refractivity contribution >= 4 is 33.5 Å². The molecule has 2 aliphatic rings. The fourth-order valence-electron chi connectivity index (χ4n) is 4.22. The van der Waals surface area contributed by atoms with E-state index < -0.39 is 40.0 Å². The van der Waals surface area contributed by atoms with Crippen LogP contribution >= 0.6 is 0 Å². The maximum Gasteiger partial charge on any atom is 0.335 e. The van der Waals surface area contributed by atoms with Crippen LogP contribution < -0.4 is 0 Å². The number of carbonyl (C=O) groups excluding carboxylic acids is 4. The molecule has 4 heterocycles. The summed E-state index contributed by atoms with van der Waals surface area (Å²) in [5.74, 6) is -2.15. The van der Waals surface area contributed by atoms with Crippen molar-refractivity contribution in [1.29, 1.82) is 0 Å². The predicted molar refractivity (Wildman–Crippen MR) is 107 cm³/mol. The van der Waals surface area contributed by atoms with Gasteiger partial charge in [-0.1, -0.05) is 0 Å². The normalized spacial score (nSPS) is 20.8. The fraction of sp³-hybridized carbons (Fsp3) is 0.400. The Bertz CT molecular complexity index is 1190. The summed E-state index contributed by atoms with van der Waals surface area (Å²) < 4.78 is 30.6. The zero-order valence-electron chi connectivity index (χ0n) is 17.0. The summed E-state index contributed by atoms with van der Waals surface area (Å²) in [6, 6.07) is 3.64. The minimum atomic E-state index is -3.11. The van der Waals surface area contributed by atoms with Crippen molar-refractivity contribution in [2.24, 2.45) is 0 Å². The molecule has 4 rings (SSSR count). The molecule has 2 aromatic rings. The van der Waals surface area contributed by atoms with Gasteiger partial charge in [-0.15, -0.1) is 0 Å². The highest BCUT2D eigenvalue weighted by Crippen LogP contribution is 2.29. The van der Waals surface area contributed by atoms with Crippen LogP contribution in [0.3, 0.4) is 0 Å². The lowest BCUT2D eigenvalue weighted by atomic mass is 10.1. The summed E-state index contributed by atoms with van der Waals surface area (Å²) >= 11 is 0. The highest BCUT2D eigenvalue weighted by molar-refractivity contribution is 7.91. The molecule has 2 aromatic heterocycles. The van der Waals surface area contributed by atoms with Gasteiger partial charge >= 0.3 is 17.8 Å². The van der Waals surface area contributed by atoms with Crippen molar-refractivity contribution in [3.63, 3.8) is 0 Å². The second-order valence-electron chi connectivity index (χ2n) is 7.78. The Kier molecular flexibility index (Phi) is 5.08. The van der Waals surface area contributed by atoms with Crippen molar-refractivity contribution in [3.8, 4) is 0 Å². The van der Waals surface area contributed by atoms with Gasteiger partial charge < -0.3 is 8.98 Å². The molecular weight excluding hydrogens is 426 g/mol. The number of aryl methyl sites for hydroxylation is 1. The van der Waals surface area contributed by atoms with E-state index in [2.05, 4.69) is 0 Å². The summed E-state index contributed by atoms with van der Waals surface area (Å²) in [5.41, 5.74) is 1.58. The van der Waals surface area contributed by atoms with Gasteiger partial charge in [0.2, 0.25) is 0 Å². The second kappa shape index (κ2) is 7.49. The summed E-state index contributed by atoms with van der Waals surface area (Å²) in [5, 5.41) is 0. The van der Waals surface area contributed by atoms with Crippen LogP contribution in [-0.2, 0) is 26.0 Å². The Morgan fingerprint density at radius 1 is 1.16 bits per heavy atom. The third kappa shape index (κ3) is 3.69. The zero-order chi connectivity index (χ0) is 22.5. The third-order valence-corrected chi connectivity index (χ3v) is 7.44. The number of hydrogen-bond donors (Lipinski definition) is 0. The quantitative estimate of drug-likeness (QED) is 0.370. The van der Waals surface area contributed by atoms with Gasteiger partial charge in [-0.25, -0.2) is 23.0 Å². The Hall–Kier alpha value is -3.21. The minimum absolute atomic E-state index is 0.0102. The number of Topliss-reactive ketones (excluding diaryl/α,β-unsaturated/α-hetero) is 1. The molecule has 0 spiro atoms.